The van der Waals surface area contributed by atoms with Crippen LogP contribution in [0.5, 0.6) is 0 Å². The molecule has 0 spiro atoms. The normalized spacial score (nSPS) is 13.9. The molecule has 1 saturated heterocycles. The van der Waals surface area contributed by atoms with Crippen molar-refractivity contribution in [2.75, 3.05) is 23.4 Å². The number of hydrogen-bond donors (Lipinski definition) is 1. The lowest BCUT2D eigenvalue weighted by molar-refractivity contribution is 0.102. The Balaban J connectivity index is 1.63. The first-order chi connectivity index (χ1) is 12.5. The van der Waals surface area contributed by atoms with Crippen molar-refractivity contribution in [1.29, 1.82) is 0 Å². The van der Waals surface area contributed by atoms with Gasteiger partial charge in [-0.25, -0.2) is 14.8 Å². The molecule has 1 fully saturated rings. The van der Waals surface area contributed by atoms with Crippen molar-refractivity contribution < 1.29 is 14.3 Å². The van der Waals surface area contributed by atoms with E-state index in [2.05, 4.69) is 15.3 Å². The van der Waals surface area contributed by atoms with Crippen LogP contribution in [0.4, 0.5) is 16.2 Å². The van der Waals surface area contributed by atoms with Crippen molar-refractivity contribution in [3.05, 3.63) is 53.7 Å². The van der Waals surface area contributed by atoms with Crippen LogP contribution in [0.15, 0.2) is 36.9 Å². The Kier molecular flexibility index (Phi) is 3.80. The number of carbonyl (C=O) groups excluding carboxylic acids is 2. The monoisotopic (exact) mass is 351 g/mol. The number of carbonyl (C=O) groups is 2. The molecule has 2 amide bonds. The number of aryl methyl sites for hydroxylation is 2. The zero-order valence-electron chi connectivity index (χ0n) is 14.4. The Morgan fingerprint density at radius 3 is 2.88 bits per heavy atom. The van der Waals surface area contributed by atoms with Crippen molar-refractivity contribution in [1.82, 2.24) is 14.4 Å². The largest absolute Gasteiger partial charge is 0.447 e. The zero-order chi connectivity index (χ0) is 18.3. The molecule has 0 aliphatic carbocycles. The Hall–Kier alpha value is -3.42. The molecule has 1 N–H and O–H groups in total. The van der Waals surface area contributed by atoms with Crippen LogP contribution in [0.2, 0.25) is 0 Å². The molecule has 8 nitrogen and oxygen atoms in total. The van der Waals surface area contributed by atoms with Gasteiger partial charge in [-0.05, 0) is 37.1 Å². The van der Waals surface area contributed by atoms with Gasteiger partial charge in [-0.1, -0.05) is 6.07 Å². The van der Waals surface area contributed by atoms with E-state index in [-0.39, 0.29) is 17.7 Å². The number of amides is 2. The molecular formula is C18H17N5O3. The zero-order valence-corrected chi connectivity index (χ0v) is 14.4. The standard InChI is InChI=1S/C18H17N5O3/c1-11-8-19-16-15(20-10-22(16)9-11)17(24)21-14-7-13(4-3-12(14)2)23-5-6-26-18(23)25/h3-4,7-10H,5-6H2,1-2H3,(H,21,24). The number of imidazole rings is 1. The fourth-order valence-corrected chi connectivity index (χ4v) is 2.87. The molecule has 1 aromatic carbocycles. The molecule has 0 bridgehead atoms. The number of hydrogen-bond acceptors (Lipinski definition) is 5. The third-order valence-electron chi connectivity index (χ3n) is 4.26. The molecule has 0 saturated carbocycles. The molecule has 26 heavy (non-hydrogen) atoms. The van der Waals surface area contributed by atoms with Crippen molar-refractivity contribution in [3.63, 3.8) is 0 Å². The minimum atomic E-state index is -0.384. The highest BCUT2D eigenvalue weighted by atomic mass is 16.6. The topological polar surface area (TPSA) is 88.8 Å². The summed E-state index contributed by atoms with van der Waals surface area (Å²) in [7, 11) is 0. The van der Waals surface area contributed by atoms with E-state index in [1.807, 2.05) is 32.2 Å². The van der Waals surface area contributed by atoms with E-state index >= 15 is 0 Å². The second kappa shape index (κ2) is 6.14. The number of cyclic esters (lactones) is 1. The molecule has 3 heterocycles. The maximum Gasteiger partial charge on any atom is 0.414 e. The summed E-state index contributed by atoms with van der Waals surface area (Å²) >= 11 is 0. The maximum atomic E-state index is 12.7. The first kappa shape index (κ1) is 16.1. The van der Waals surface area contributed by atoms with Gasteiger partial charge in [-0.2, -0.15) is 0 Å². The highest BCUT2D eigenvalue weighted by molar-refractivity contribution is 6.07. The minimum absolute atomic E-state index is 0.246. The highest BCUT2D eigenvalue weighted by Gasteiger charge is 2.24. The van der Waals surface area contributed by atoms with E-state index in [9.17, 15) is 9.59 Å². The molecule has 2 aromatic heterocycles. The summed E-state index contributed by atoms with van der Waals surface area (Å²) in [6, 6.07) is 5.44. The molecule has 8 heteroatoms. The van der Waals surface area contributed by atoms with Crippen LogP contribution in [0, 0.1) is 13.8 Å². The van der Waals surface area contributed by atoms with E-state index in [4.69, 9.17) is 4.74 Å². The Morgan fingerprint density at radius 1 is 1.27 bits per heavy atom. The van der Waals surface area contributed by atoms with Gasteiger partial charge >= 0.3 is 6.09 Å². The summed E-state index contributed by atoms with van der Waals surface area (Å²) in [5.41, 5.74) is 3.88. The van der Waals surface area contributed by atoms with Gasteiger partial charge in [0.25, 0.3) is 5.91 Å². The van der Waals surface area contributed by atoms with Crippen molar-refractivity contribution in [2.24, 2.45) is 0 Å². The number of benzene rings is 1. The highest BCUT2D eigenvalue weighted by Crippen LogP contribution is 2.26. The third kappa shape index (κ3) is 2.75. The average Bonchev–Trinajstić information content (AvgIpc) is 3.22. The predicted octanol–water partition coefficient (Wildman–Crippen LogP) is 2.56. The first-order valence-corrected chi connectivity index (χ1v) is 8.18. The lowest BCUT2D eigenvalue weighted by Crippen LogP contribution is -2.23. The molecule has 132 valence electrons. The first-order valence-electron chi connectivity index (χ1n) is 8.18. The van der Waals surface area contributed by atoms with Gasteiger partial charge in [-0.15, -0.1) is 0 Å². The van der Waals surface area contributed by atoms with E-state index in [0.717, 1.165) is 11.1 Å². The van der Waals surface area contributed by atoms with Crippen molar-refractivity contribution in [2.45, 2.75) is 13.8 Å². The van der Waals surface area contributed by atoms with Crippen LogP contribution in [-0.4, -0.2) is 39.5 Å². The number of nitrogens with one attached hydrogen (secondary N) is 1. The summed E-state index contributed by atoms with van der Waals surface area (Å²) in [6.45, 7) is 4.66. The molecule has 1 aliphatic heterocycles. The van der Waals surface area contributed by atoms with Gasteiger partial charge < -0.3 is 10.1 Å². The van der Waals surface area contributed by atoms with E-state index in [0.29, 0.717) is 30.2 Å². The number of nitrogens with zero attached hydrogens (tertiary/aromatic N) is 4. The summed E-state index contributed by atoms with van der Waals surface area (Å²) in [5, 5.41) is 2.86. The van der Waals surface area contributed by atoms with Crippen LogP contribution in [0.25, 0.3) is 5.65 Å². The lowest BCUT2D eigenvalue weighted by atomic mass is 10.1. The number of fused-ring (bicyclic) bond motifs is 1. The van der Waals surface area contributed by atoms with E-state index in [1.54, 1.807) is 23.0 Å². The molecule has 3 aromatic rings. The molecular weight excluding hydrogens is 334 g/mol. The number of ether oxygens (including phenoxy) is 1. The average molecular weight is 351 g/mol. The van der Waals surface area contributed by atoms with Crippen LogP contribution >= 0.6 is 0 Å². The molecule has 0 radical (unpaired) electrons. The number of anilines is 2. The van der Waals surface area contributed by atoms with Gasteiger partial charge in [0.1, 0.15) is 12.9 Å². The van der Waals surface area contributed by atoms with Crippen LogP contribution < -0.4 is 10.2 Å². The van der Waals surface area contributed by atoms with Crippen LogP contribution in [-0.2, 0) is 4.74 Å². The fourth-order valence-electron chi connectivity index (χ4n) is 2.87. The summed E-state index contributed by atoms with van der Waals surface area (Å²) in [4.78, 5) is 34.4. The molecule has 1 aliphatic rings. The third-order valence-corrected chi connectivity index (χ3v) is 4.26. The second-order valence-corrected chi connectivity index (χ2v) is 6.17. The minimum Gasteiger partial charge on any atom is -0.447 e. The van der Waals surface area contributed by atoms with Crippen LogP contribution in [0.1, 0.15) is 21.6 Å². The van der Waals surface area contributed by atoms with Gasteiger partial charge in [0.05, 0.1) is 6.54 Å². The Bertz CT molecular complexity index is 1030. The van der Waals surface area contributed by atoms with Gasteiger partial charge in [-0.3, -0.25) is 14.1 Å². The van der Waals surface area contributed by atoms with Gasteiger partial charge in [0.2, 0.25) is 0 Å². The predicted molar refractivity (Wildman–Crippen MR) is 95.6 cm³/mol. The number of rotatable bonds is 3. The molecule has 4 rings (SSSR count). The van der Waals surface area contributed by atoms with E-state index < -0.39 is 0 Å². The Morgan fingerprint density at radius 2 is 2.12 bits per heavy atom. The summed E-state index contributed by atoms with van der Waals surface area (Å²) in [6.07, 6.45) is 4.73. The fraction of sp³-hybridized carbons (Fsp3) is 0.222. The Labute approximate surface area is 149 Å². The molecule has 0 atom stereocenters. The maximum absolute atomic E-state index is 12.7. The summed E-state index contributed by atoms with van der Waals surface area (Å²) in [5.74, 6) is -0.354. The second-order valence-electron chi connectivity index (χ2n) is 6.17. The van der Waals surface area contributed by atoms with Crippen LogP contribution in [0.3, 0.4) is 0 Å². The number of aromatic nitrogens is 3. The lowest BCUT2D eigenvalue weighted by Gasteiger charge is -2.15. The van der Waals surface area contributed by atoms with Crippen molar-refractivity contribution in [3.8, 4) is 0 Å². The smallest absolute Gasteiger partial charge is 0.414 e. The summed E-state index contributed by atoms with van der Waals surface area (Å²) < 4.78 is 6.68. The quantitative estimate of drug-likeness (QED) is 0.783. The van der Waals surface area contributed by atoms with Gasteiger partial charge in [0.15, 0.2) is 11.3 Å². The van der Waals surface area contributed by atoms with Crippen molar-refractivity contribution >= 4 is 29.0 Å². The van der Waals surface area contributed by atoms with Gasteiger partial charge in [0, 0.05) is 23.8 Å². The van der Waals surface area contributed by atoms with E-state index in [1.165, 1.54) is 4.90 Å². The molecule has 0 unspecified atom stereocenters. The SMILES string of the molecule is Cc1cnc2c(C(=O)Nc3cc(N4CCOC4=O)ccc3C)ncn2c1.